The van der Waals surface area contributed by atoms with Crippen molar-refractivity contribution < 1.29 is 4.39 Å². The number of nitrogens with zero attached hydrogens (tertiary/aromatic N) is 3. The van der Waals surface area contributed by atoms with Gasteiger partial charge < -0.3 is 10.2 Å². The molecule has 0 radical (unpaired) electrons. The van der Waals surface area contributed by atoms with Crippen molar-refractivity contribution in [2.24, 2.45) is 0 Å². The summed E-state index contributed by atoms with van der Waals surface area (Å²) in [6, 6.07) is 7.21. The number of aromatic nitrogens is 2. The topological polar surface area (TPSA) is 41.1 Å². The summed E-state index contributed by atoms with van der Waals surface area (Å²) in [6.07, 6.45) is 3.30. The number of rotatable bonds is 4. The van der Waals surface area contributed by atoms with Crippen LogP contribution in [0.1, 0.15) is 26.3 Å². The van der Waals surface area contributed by atoms with Crippen molar-refractivity contribution in [3.05, 3.63) is 48.0 Å². The van der Waals surface area contributed by atoms with Gasteiger partial charge in [-0.2, -0.15) is 0 Å². The van der Waals surface area contributed by atoms with E-state index in [1.807, 2.05) is 39.0 Å². The standard InChI is InChI=1S/C16H21FN4/c1-16(2,3)20-11-12-8-10-19-15(14(12)17)21(4)13-7-5-6-9-18-13/h5-10,20H,11H2,1-4H3. The molecule has 0 spiro atoms. The van der Waals surface area contributed by atoms with Crippen LogP contribution in [0, 0.1) is 5.82 Å². The lowest BCUT2D eigenvalue weighted by Gasteiger charge is -2.22. The zero-order chi connectivity index (χ0) is 15.5. The van der Waals surface area contributed by atoms with Gasteiger partial charge in [-0.05, 0) is 39.0 Å². The van der Waals surface area contributed by atoms with Crippen LogP contribution in [0.15, 0.2) is 36.7 Å². The van der Waals surface area contributed by atoms with Crippen molar-refractivity contribution in [3.8, 4) is 0 Å². The van der Waals surface area contributed by atoms with Gasteiger partial charge in [0, 0.05) is 37.1 Å². The van der Waals surface area contributed by atoms with Crippen LogP contribution >= 0.6 is 0 Å². The highest BCUT2D eigenvalue weighted by Gasteiger charge is 2.17. The number of hydrogen-bond acceptors (Lipinski definition) is 4. The maximum atomic E-state index is 14.6. The van der Waals surface area contributed by atoms with E-state index in [2.05, 4.69) is 15.3 Å². The third-order valence-corrected chi connectivity index (χ3v) is 3.07. The van der Waals surface area contributed by atoms with E-state index in [0.29, 0.717) is 17.9 Å². The predicted molar refractivity (Wildman–Crippen MR) is 83.1 cm³/mol. The van der Waals surface area contributed by atoms with Crippen LogP contribution in [0.25, 0.3) is 0 Å². The molecule has 0 aliphatic carbocycles. The van der Waals surface area contributed by atoms with Crippen molar-refractivity contribution >= 4 is 11.6 Å². The quantitative estimate of drug-likeness (QED) is 0.937. The summed E-state index contributed by atoms with van der Waals surface area (Å²) in [4.78, 5) is 10.0. The number of hydrogen-bond donors (Lipinski definition) is 1. The van der Waals surface area contributed by atoms with Crippen LogP contribution in [-0.4, -0.2) is 22.6 Å². The summed E-state index contributed by atoms with van der Waals surface area (Å²) in [6.45, 7) is 6.61. The Labute approximate surface area is 125 Å². The minimum atomic E-state index is -0.317. The summed E-state index contributed by atoms with van der Waals surface area (Å²) in [5, 5.41) is 3.28. The van der Waals surface area contributed by atoms with Crippen LogP contribution in [0.2, 0.25) is 0 Å². The zero-order valence-corrected chi connectivity index (χ0v) is 12.9. The molecule has 0 saturated carbocycles. The van der Waals surface area contributed by atoms with Crippen LogP contribution in [0.4, 0.5) is 16.0 Å². The molecule has 0 atom stereocenters. The van der Waals surface area contributed by atoms with Crippen molar-refractivity contribution in [2.45, 2.75) is 32.9 Å². The van der Waals surface area contributed by atoms with E-state index in [0.717, 1.165) is 0 Å². The molecule has 0 aromatic carbocycles. The van der Waals surface area contributed by atoms with Gasteiger partial charge in [0.25, 0.3) is 0 Å². The summed E-state index contributed by atoms with van der Waals surface area (Å²) in [5.41, 5.74) is 0.528. The van der Waals surface area contributed by atoms with Gasteiger partial charge in [-0.25, -0.2) is 14.4 Å². The van der Waals surface area contributed by atoms with Crippen molar-refractivity contribution in [3.63, 3.8) is 0 Å². The molecule has 0 unspecified atom stereocenters. The minimum Gasteiger partial charge on any atom is -0.312 e. The van der Waals surface area contributed by atoms with Gasteiger partial charge in [-0.15, -0.1) is 0 Å². The predicted octanol–water partition coefficient (Wildman–Crippen LogP) is 3.27. The third-order valence-electron chi connectivity index (χ3n) is 3.07. The zero-order valence-electron chi connectivity index (χ0n) is 12.9. The smallest absolute Gasteiger partial charge is 0.170 e. The molecular weight excluding hydrogens is 267 g/mol. The minimum absolute atomic E-state index is 0.0667. The largest absolute Gasteiger partial charge is 0.312 e. The Morgan fingerprint density at radius 3 is 2.52 bits per heavy atom. The summed E-state index contributed by atoms with van der Waals surface area (Å²) >= 11 is 0. The van der Waals surface area contributed by atoms with Crippen LogP contribution in [-0.2, 0) is 6.54 Å². The lowest BCUT2D eigenvalue weighted by atomic mass is 10.1. The Kier molecular flexibility index (Phi) is 4.53. The van der Waals surface area contributed by atoms with Crippen molar-refractivity contribution in [1.29, 1.82) is 0 Å². The molecule has 2 aromatic heterocycles. The van der Waals surface area contributed by atoms with E-state index in [-0.39, 0.29) is 17.2 Å². The van der Waals surface area contributed by atoms with E-state index < -0.39 is 0 Å². The molecule has 4 nitrogen and oxygen atoms in total. The van der Waals surface area contributed by atoms with Gasteiger partial charge in [0.15, 0.2) is 11.6 Å². The third kappa shape index (κ3) is 3.98. The highest BCUT2D eigenvalue weighted by Crippen LogP contribution is 2.24. The molecular formula is C16H21FN4. The molecule has 2 heterocycles. The average Bonchev–Trinajstić information content (AvgIpc) is 2.45. The molecule has 5 heteroatoms. The molecule has 0 bridgehead atoms. The molecule has 0 aliphatic heterocycles. The Bertz CT molecular complexity index is 593. The number of halogens is 1. The molecule has 1 N–H and O–H groups in total. The molecule has 2 aromatic rings. The first-order chi connectivity index (χ1) is 9.88. The lowest BCUT2D eigenvalue weighted by molar-refractivity contribution is 0.418. The fourth-order valence-electron chi connectivity index (χ4n) is 1.86. The molecule has 0 fully saturated rings. The summed E-state index contributed by atoms with van der Waals surface area (Å²) in [5.74, 6) is 0.620. The normalized spacial score (nSPS) is 11.5. The fraction of sp³-hybridized carbons (Fsp3) is 0.375. The second-order valence-corrected chi connectivity index (χ2v) is 5.96. The van der Waals surface area contributed by atoms with Crippen molar-refractivity contribution in [2.75, 3.05) is 11.9 Å². The van der Waals surface area contributed by atoms with Crippen LogP contribution in [0.5, 0.6) is 0 Å². The van der Waals surface area contributed by atoms with E-state index >= 15 is 0 Å². The first kappa shape index (κ1) is 15.4. The van der Waals surface area contributed by atoms with E-state index in [1.165, 1.54) is 0 Å². The molecule has 2 rings (SSSR count). The van der Waals surface area contributed by atoms with Crippen molar-refractivity contribution in [1.82, 2.24) is 15.3 Å². The highest BCUT2D eigenvalue weighted by molar-refractivity contribution is 5.56. The molecule has 0 saturated heterocycles. The van der Waals surface area contributed by atoms with E-state index in [9.17, 15) is 4.39 Å². The maximum Gasteiger partial charge on any atom is 0.170 e. The number of pyridine rings is 2. The van der Waals surface area contributed by atoms with Gasteiger partial charge in [-0.3, -0.25) is 0 Å². The Hall–Kier alpha value is -2.01. The first-order valence-electron chi connectivity index (χ1n) is 6.91. The highest BCUT2D eigenvalue weighted by atomic mass is 19.1. The fourth-order valence-corrected chi connectivity index (χ4v) is 1.86. The molecule has 21 heavy (non-hydrogen) atoms. The van der Waals surface area contributed by atoms with E-state index in [4.69, 9.17) is 0 Å². The van der Waals surface area contributed by atoms with Gasteiger partial charge >= 0.3 is 0 Å². The van der Waals surface area contributed by atoms with Crippen LogP contribution < -0.4 is 10.2 Å². The Morgan fingerprint density at radius 2 is 1.90 bits per heavy atom. The monoisotopic (exact) mass is 288 g/mol. The second kappa shape index (κ2) is 6.18. The first-order valence-corrected chi connectivity index (χ1v) is 6.91. The van der Waals surface area contributed by atoms with Gasteiger partial charge in [-0.1, -0.05) is 6.07 Å². The summed E-state index contributed by atoms with van der Waals surface area (Å²) < 4.78 is 14.6. The second-order valence-electron chi connectivity index (χ2n) is 5.96. The van der Waals surface area contributed by atoms with Crippen LogP contribution in [0.3, 0.4) is 0 Å². The van der Waals surface area contributed by atoms with Gasteiger partial charge in [0.2, 0.25) is 0 Å². The average molecular weight is 288 g/mol. The summed E-state index contributed by atoms with van der Waals surface area (Å²) in [7, 11) is 1.76. The van der Waals surface area contributed by atoms with E-state index in [1.54, 1.807) is 30.4 Å². The molecule has 0 aliphatic rings. The lowest BCUT2D eigenvalue weighted by Crippen LogP contribution is -2.35. The molecule has 112 valence electrons. The SMILES string of the molecule is CN(c1ccccn1)c1nccc(CNC(C)(C)C)c1F. The number of nitrogens with one attached hydrogen (secondary N) is 1. The Balaban J connectivity index is 2.25. The molecule has 0 amide bonds. The number of anilines is 2. The maximum absolute atomic E-state index is 14.6. The van der Waals surface area contributed by atoms with Gasteiger partial charge in [0.05, 0.1) is 0 Å². The Morgan fingerprint density at radius 1 is 1.14 bits per heavy atom. The van der Waals surface area contributed by atoms with Gasteiger partial charge in [0.1, 0.15) is 5.82 Å².